The summed E-state index contributed by atoms with van der Waals surface area (Å²) >= 11 is 0. The van der Waals surface area contributed by atoms with Crippen molar-refractivity contribution in [2.45, 2.75) is 51.1 Å². The summed E-state index contributed by atoms with van der Waals surface area (Å²) in [6, 6.07) is 10.9. The molecule has 2 aromatic carbocycles. The summed E-state index contributed by atoms with van der Waals surface area (Å²) in [5.41, 5.74) is 2.24. The molecule has 1 unspecified atom stereocenters. The average Bonchev–Trinajstić information content (AvgIpc) is 2.95. The minimum atomic E-state index is -3.64. The van der Waals surface area contributed by atoms with E-state index in [0.29, 0.717) is 46.2 Å². The molecule has 0 aliphatic carbocycles. The Hall–Kier alpha value is -3.74. The van der Waals surface area contributed by atoms with Gasteiger partial charge in [-0.2, -0.15) is 0 Å². The minimum absolute atomic E-state index is 0.00363. The van der Waals surface area contributed by atoms with Crippen LogP contribution in [0.5, 0.6) is 17.2 Å². The van der Waals surface area contributed by atoms with Gasteiger partial charge in [-0.05, 0) is 42.3 Å². The summed E-state index contributed by atoms with van der Waals surface area (Å²) < 4.78 is 62.3. The van der Waals surface area contributed by atoms with Gasteiger partial charge in [0.05, 0.1) is 44.1 Å². The van der Waals surface area contributed by atoms with Gasteiger partial charge in [-0.1, -0.05) is 26.0 Å². The molecule has 3 aromatic rings. The normalized spacial score (nSPS) is 19.2. The Bertz CT molecular complexity index is 1530. The number of hydrogen-bond donors (Lipinski definition) is 1. The lowest BCUT2D eigenvalue weighted by Gasteiger charge is -2.32. The smallest absolute Gasteiger partial charge is 0.239 e. The number of ether oxygens (including phenoxy) is 4. The Kier molecular flexibility index (Phi) is 9.70. The number of aromatic nitrogens is 2. The molecule has 42 heavy (non-hydrogen) atoms. The standard InChI is InChI=1S/C30H36FN3O7S/c1-18(2)28-24(29(19-7-9-20(31)10-8-19)33-30(32-28)34(3)42(6,36)37)13-11-23-15-21(35)16-27(40-23)41-25-14-12-22(38-4)17-26(25)39-5/h7-14,17-18,21,23,27,35H,15-16H2,1-6H3/t21-,23-,27?/m1/s1. The first kappa shape index (κ1) is 31.2. The van der Waals surface area contributed by atoms with E-state index < -0.39 is 34.3 Å². The van der Waals surface area contributed by atoms with Gasteiger partial charge in [-0.3, -0.25) is 0 Å². The first-order valence-corrected chi connectivity index (χ1v) is 15.3. The number of halogens is 1. The molecule has 1 aliphatic rings. The number of anilines is 1. The predicted octanol–water partition coefficient (Wildman–Crippen LogP) is 4.78. The van der Waals surface area contributed by atoms with Crippen LogP contribution in [0, 0.1) is 5.82 Å². The molecule has 12 heteroatoms. The highest BCUT2D eigenvalue weighted by molar-refractivity contribution is 7.92. The quantitative estimate of drug-likeness (QED) is 0.350. The van der Waals surface area contributed by atoms with Crippen molar-refractivity contribution in [3.63, 3.8) is 0 Å². The van der Waals surface area contributed by atoms with Crippen molar-refractivity contribution >= 4 is 22.0 Å². The summed E-state index contributed by atoms with van der Waals surface area (Å²) in [7, 11) is 0.823. The second kappa shape index (κ2) is 13.1. The third-order valence-corrected chi connectivity index (χ3v) is 7.97. The van der Waals surface area contributed by atoms with E-state index in [9.17, 15) is 17.9 Å². The van der Waals surface area contributed by atoms with E-state index >= 15 is 0 Å². The molecular weight excluding hydrogens is 565 g/mol. The number of nitrogens with zero attached hydrogens (tertiary/aromatic N) is 3. The molecule has 3 atom stereocenters. The van der Waals surface area contributed by atoms with E-state index in [4.69, 9.17) is 18.9 Å². The zero-order valence-electron chi connectivity index (χ0n) is 24.4. The molecule has 0 saturated carbocycles. The largest absolute Gasteiger partial charge is 0.497 e. The fraction of sp³-hybridized carbons (Fsp3) is 0.400. The Morgan fingerprint density at radius 2 is 1.79 bits per heavy atom. The lowest BCUT2D eigenvalue weighted by Crippen LogP contribution is -2.38. The number of benzene rings is 2. The molecule has 4 rings (SSSR count). The van der Waals surface area contributed by atoms with Crippen LogP contribution in [0.2, 0.25) is 0 Å². The molecule has 2 heterocycles. The summed E-state index contributed by atoms with van der Waals surface area (Å²) in [6.45, 7) is 3.87. The van der Waals surface area contributed by atoms with Crippen molar-refractivity contribution in [1.82, 2.24) is 9.97 Å². The molecule has 1 aliphatic heterocycles. The molecule has 0 bridgehead atoms. The van der Waals surface area contributed by atoms with E-state index in [-0.39, 0.29) is 18.3 Å². The Morgan fingerprint density at radius 3 is 2.40 bits per heavy atom. The van der Waals surface area contributed by atoms with Gasteiger partial charge in [0.25, 0.3) is 0 Å². The fourth-order valence-electron chi connectivity index (χ4n) is 4.51. The van der Waals surface area contributed by atoms with Gasteiger partial charge >= 0.3 is 0 Å². The van der Waals surface area contributed by atoms with E-state index in [1.807, 2.05) is 13.8 Å². The molecule has 1 saturated heterocycles. The van der Waals surface area contributed by atoms with E-state index in [2.05, 4.69) is 9.97 Å². The molecule has 226 valence electrons. The van der Waals surface area contributed by atoms with Crippen LogP contribution in [0.1, 0.15) is 43.9 Å². The highest BCUT2D eigenvalue weighted by Crippen LogP contribution is 2.35. The number of rotatable bonds is 10. The van der Waals surface area contributed by atoms with Gasteiger partial charge in [-0.25, -0.2) is 27.1 Å². The predicted molar refractivity (Wildman–Crippen MR) is 158 cm³/mol. The first-order chi connectivity index (χ1) is 19.9. The average molecular weight is 602 g/mol. The molecule has 0 radical (unpaired) electrons. The minimum Gasteiger partial charge on any atom is -0.497 e. The van der Waals surface area contributed by atoms with Crippen LogP contribution in [-0.2, 0) is 14.8 Å². The van der Waals surface area contributed by atoms with Crippen molar-refractivity contribution in [2.75, 3.05) is 31.8 Å². The maximum Gasteiger partial charge on any atom is 0.239 e. The molecular formula is C30H36FN3O7S. The molecule has 1 aromatic heterocycles. The van der Waals surface area contributed by atoms with E-state index in [0.717, 1.165) is 10.6 Å². The molecule has 10 nitrogen and oxygen atoms in total. The third-order valence-electron chi connectivity index (χ3n) is 6.81. The van der Waals surface area contributed by atoms with Crippen LogP contribution in [0.4, 0.5) is 10.3 Å². The van der Waals surface area contributed by atoms with Gasteiger partial charge in [0.15, 0.2) is 11.5 Å². The van der Waals surface area contributed by atoms with Crippen LogP contribution < -0.4 is 18.5 Å². The summed E-state index contributed by atoms with van der Waals surface area (Å²) in [4.78, 5) is 9.18. The zero-order chi connectivity index (χ0) is 30.6. The van der Waals surface area contributed by atoms with Crippen LogP contribution in [0.25, 0.3) is 17.3 Å². The van der Waals surface area contributed by atoms with Gasteiger partial charge in [0.2, 0.25) is 22.3 Å². The maximum absolute atomic E-state index is 13.8. The van der Waals surface area contributed by atoms with Crippen molar-refractivity contribution in [3.05, 3.63) is 65.6 Å². The highest BCUT2D eigenvalue weighted by atomic mass is 32.2. The SMILES string of the molecule is COc1ccc(OC2C[C@H](O)C[C@@H](C=Cc3c(-c4ccc(F)cc4)nc(N(C)S(C)(=O)=O)nc3C(C)C)O2)c(OC)c1. The highest BCUT2D eigenvalue weighted by Gasteiger charge is 2.30. The van der Waals surface area contributed by atoms with Gasteiger partial charge < -0.3 is 24.1 Å². The molecule has 1 fully saturated rings. The van der Waals surface area contributed by atoms with Crippen LogP contribution in [0.3, 0.4) is 0 Å². The number of hydrogen-bond acceptors (Lipinski definition) is 9. The number of methoxy groups -OCH3 is 2. The maximum atomic E-state index is 13.8. The Morgan fingerprint density at radius 1 is 1.07 bits per heavy atom. The van der Waals surface area contributed by atoms with Gasteiger partial charge in [0, 0.05) is 37.1 Å². The summed E-state index contributed by atoms with van der Waals surface area (Å²) in [6.07, 6.45) is 3.28. The van der Waals surface area contributed by atoms with Crippen molar-refractivity contribution < 1.29 is 36.9 Å². The molecule has 0 amide bonds. The lowest BCUT2D eigenvalue weighted by atomic mass is 9.97. The second-order valence-corrected chi connectivity index (χ2v) is 12.3. The number of sulfonamides is 1. The first-order valence-electron chi connectivity index (χ1n) is 13.4. The summed E-state index contributed by atoms with van der Waals surface area (Å²) in [5, 5.41) is 10.6. The van der Waals surface area contributed by atoms with Crippen molar-refractivity contribution in [2.24, 2.45) is 0 Å². The molecule has 1 N–H and O–H groups in total. The van der Waals surface area contributed by atoms with Gasteiger partial charge in [-0.15, -0.1) is 0 Å². The third kappa shape index (κ3) is 7.36. The van der Waals surface area contributed by atoms with E-state index in [1.54, 1.807) is 49.6 Å². The fourth-order valence-corrected chi connectivity index (χ4v) is 4.88. The van der Waals surface area contributed by atoms with Crippen molar-refractivity contribution in [1.29, 1.82) is 0 Å². The topological polar surface area (TPSA) is 120 Å². The lowest BCUT2D eigenvalue weighted by molar-refractivity contribution is -0.161. The van der Waals surface area contributed by atoms with Crippen LogP contribution >= 0.6 is 0 Å². The van der Waals surface area contributed by atoms with E-state index in [1.165, 1.54) is 26.3 Å². The monoisotopic (exact) mass is 601 g/mol. The number of aliphatic hydroxyl groups is 1. The summed E-state index contributed by atoms with van der Waals surface area (Å²) in [5.74, 6) is 0.996. The number of aliphatic hydroxyl groups excluding tert-OH is 1. The zero-order valence-corrected chi connectivity index (χ0v) is 25.3. The van der Waals surface area contributed by atoms with Crippen molar-refractivity contribution in [3.8, 4) is 28.5 Å². The second-order valence-electron chi connectivity index (χ2n) is 10.3. The van der Waals surface area contributed by atoms with Gasteiger partial charge in [0.1, 0.15) is 11.6 Å². The Balaban J connectivity index is 1.70. The van der Waals surface area contributed by atoms with Crippen LogP contribution in [-0.4, -0.2) is 69.5 Å². The van der Waals surface area contributed by atoms with Crippen LogP contribution in [0.15, 0.2) is 48.5 Å². The Labute approximate surface area is 245 Å². The molecule has 0 spiro atoms.